The monoisotopic (exact) mass is 541 g/mol. The number of unbranched alkanes of at least 4 members (excludes halogenated alkanes) is 2. The smallest absolute Gasteiger partial charge is 0.250 e. The number of hydrogen-bond donors (Lipinski definition) is 3. The number of likely N-dealkylation sites (tertiary alicyclic amines) is 1. The molecule has 3 amide bonds. The highest BCUT2D eigenvalue weighted by Gasteiger charge is 2.76. The maximum atomic E-state index is 13.7. The van der Waals surface area contributed by atoms with E-state index >= 15 is 0 Å². The van der Waals surface area contributed by atoms with Gasteiger partial charge in [-0.15, -0.1) is 0 Å². The minimum atomic E-state index is -1.09. The summed E-state index contributed by atoms with van der Waals surface area (Å²) in [5.41, 5.74) is 0.216. The lowest BCUT2D eigenvalue weighted by Crippen LogP contribution is -2.54. The van der Waals surface area contributed by atoms with E-state index in [-0.39, 0.29) is 29.2 Å². The van der Waals surface area contributed by atoms with Gasteiger partial charge in [0.05, 0.1) is 28.6 Å². The molecule has 3 N–H and O–H groups in total. The van der Waals surface area contributed by atoms with Crippen LogP contribution in [0.4, 0.5) is 5.69 Å². The van der Waals surface area contributed by atoms with Gasteiger partial charge < -0.3 is 25.4 Å². The molecule has 3 aliphatic rings. The lowest BCUT2D eigenvalue weighted by molar-refractivity contribution is -0.140. The number of halogens is 2. The van der Waals surface area contributed by atoms with Crippen LogP contribution in [-0.2, 0) is 19.1 Å². The highest BCUT2D eigenvalue weighted by molar-refractivity contribution is 9.09. The summed E-state index contributed by atoms with van der Waals surface area (Å²) in [6, 6.07) is 4.47. The first kappa shape index (κ1) is 24.4. The Hall–Kier alpha value is -1.68. The van der Waals surface area contributed by atoms with Gasteiger partial charge in [-0.1, -0.05) is 39.7 Å². The molecule has 3 aliphatic heterocycles. The number of hydrogen-bond acceptors (Lipinski definition) is 5. The fourth-order valence-corrected chi connectivity index (χ4v) is 6.90. The minimum absolute atomic E-state index is 0.0744. The number of aliphatic hydroxyl groups excluding tert-OH is 1. The molecule has 3 fully saturated rings. The zero-order chi connectivity index (χ0) is 23.9. The second-order valence-corrected chi connectivity index (χ2v) is 10.6. The molecule has 2 bridgehead atoms. The molecule has 0 radical (unpaired) electrons. The predicted molar refractivity (Wildman–Crippen MR) is 127 cm³/mol. The van der Waals surface area contributed by atoms with E-state index in [2.05, 4.69) is 26.6 Å². The molecule has 3 saturated heterocycles. The van der Waals surface area contributed by atoms with Crippen LogP contribution in [0.15, 0.2) is 18.2 Å². The number of rotatable bonds is 8. The molecule has 10 heteroatoms. The summed E-state index contributed by atoms with van der Waals surface area (Å²) >= 11 is 9.98. The first-order valence-electron chi connectivity index (χ1n) is 11.3. The molecule has 0 aliphatic carbocycles. The standard InChI is InChI=1S/C23H29BrClN3O5/c1-12-7-6-8-14(25)17(12)27-21(31)19-23-11-13(24)18(33-23)15(20(30)26-2)16(23)22(32)28(19)9-4-3-5-10-29/h6-8,13,15-16,18-19,29H,3-5,9-11H2,1-2H3,(H,26,30)(H,27,31)/t13?,15-,16-,18-,19?,23?/m0/s1. The van der Waals surface area contributed by atoms with Crippen LogP contribution in [-0.4, -0.2) is 70.5 Å². The van der Waals surface area contributed by atoms with Crippen molar-refractivity contribution < 1.29 is 24.2 Å². The summed E-state index contributed by atoms with van der Waals surface area (Å²) in [6.45, 7) is 2.27. The van der Waals surface area contributed by atoms with Crippen LogP contribution in [0.3, 0.4) is 0 Å². The van der Waals surface area contributed by atoms with Gasteiger partial charge in [0.15, 0.2) is 0 Å². The van der Waals surface area contributed by atoms with Crippen molar-refractivity contribution >= 4 is 50.9 Å². The Morgan fingerprint density at radius 2 is 2.06 bits per heavy atom. The van der Waals surface area contributed by atoms with Crippen LogP contribution in [0, 0.1) is 18.8 Å². The number of anilines is 1. The number of amides is 3. The van der Waals surface area contributed by atoms with Crippen molar-refractivity contribution in [3.05, 3.63) is 28.8 Å². The Morgan fingerprint density at radius 1 is 1.30 bits per heavy atom. The molecule has 3 unspecified atom stereocenters. The molecule has 1 aromatic carbocycles. The van der Waals surface area contributed by atoms with Crippen molar-refractivity contribution in [3.8, 4) is 0 Å². The highest BCUT2D eigenvalue weighted by Crippen LogP contribution is 2.60. The molecular formula is C23H29BrClN3O5. The van der Waals surface area contributed by atoms with Gasteiger partial charge in [0.25, 0.3) is 0 Å². The number of aliphatic hydroxyl groups is 1. The number of carbonyl (C=O) groups is 3. The first-order chi connectivity index (χ1) is 15.8. The highest BCUT2D eigenvalue weighted by atomic mass is 79.9. The van der Waals surface area contributed by atoms with Crippen molar-refractivity contribution in [1.82, 2.24) is 10.2 Å². The molecule has 1 spiro atoms. The van der Waals surface area contributed by atoms with E-state index in [1.807, 2.05) is 13.0 Å². The summed E-state index contributed by atoms with van der Waals surface area (Å²) in [4.78, 5) is 41.6. The Kier molecular flexibility index (Phi) is 7.05. The van der Waals surface area contributed by atoms with E-state index in [4.69, 9.17) is 21.4 Å². The number of aryl methyl sites for hydroxylation is 1. The molecule has 33 heavy (non-hydrogen) atoms. The third-order valence-electron chi connectivity index (χ3n) is 7.11. The zero-order valence-electron chi connectivity index (χ0n) is 18.6. The number of para-hydroxylation sites is 1. The predicted octanol–water partition coefficient (Wildman–Crippen LogP) is 2.24. The fraction of sp³-hybridized carbons (Fsp3) is 0.609. The van der Waals surface area contributed by atoms with E-state index < -0.39 is 29.6 Å². The van der Waals surface area contributed by atoms with Crippen molar-refractivity contribution in [2.75, 3.05) is 25.5 Å². The van der Waals surface area contributed by atoms with Gasteiger partial charge >= 0.3 is 0 Å². The molecule has 6 atom stereocenters. The average molecular weight is 543 g/mol. The van der Waals surface area contributed by atoms with E-state index in [1.165, 1.54) is 0 Å². The number of alkyl halides is 1. The molecule has 0 aromatic heterocycles. The van der Waals surface area contributed by atoms with Gasteiger partial charge in [0, 0.05) is 25.0 Å². The number of carbonyl (C=O) groups excluding carboxylic acids is 3. The fourth-order valence-electron chi connectivity index (χ4n) is 5.69. The van der Waals surface area contributed by atoms with Crippen LogP contribution in [0.2, 0.25) is 5.02 Å². The van der Waals surface area contributed by atoms with Crippen LogP contribution >= 0.6 is 27.5 Å². The van der Waals surface area contributed by atoms with Crippen molar-refractivity contribution in [1.29, 1.82) is 0 Å². The molecule has 0 saturated carbocycles. The number of ether oxygens (including phenoxy) is 1. The summed E-state index contributed by atoms with van der Waals surface area (Å²) in [5, 5.41) is 15.1. The van der Waals surface area contributed by atoms with Crippen molar-refractivity contribution in [2.45, 2.75) is 55.2 Å². The Bertz CT molecular complexity index is 942. The third-order valence-corrected chi connectivity index (χ3v) is 8.27. The van der Waals surface area contributed by atoms with Gasteiger partial charge in [-0.25, -0.2) is 0 Å². The van der Waals surface area contributed by atoms with E-state index in [0.29, 0.717) is 36.5 Å². The Balaban J connectivity index is 1.70. The number of fused-ring (bicyclic) bond motifs is 1. The largest absolute Gasteiger partial charge is 0.396 e. The van der Waals surface area contributed by atoms with E-state index in [0.717, 1.165) is 12.0 Å². The average Bonchev–Trinajstić information content (AvgIpc) is 3.37. The molecule has 3 heterocycles. The normalized spacial score (nSPS) is 32.2. The van der Waals surface area contributed by atoms with Gasteiger partial charge in [-0.05, 0) is 44.2 Å². The maximum absolute atomic E-state index is 13.7. The van der Waals surface area contributed by atoms with Crippen LogP contribution in [0.1, 0.15) is 31.2 Å². The lowest BCUT2D eigenvalue weighted by Gasteiger charge is -2.34. The second-order valence-electron chi connectivity index (χ2n) is 9.01. The zero-order valence-corrected chi connectivity index (χ0v) is 21.0. The summed E-state index contributed by atoms with van der Waals surface area (Å²) in [7, 11) is 1.54. The van der Waals surface area contributed by atoms with Crippen molar-refractivity contribution in [3.63, 3.8) is 0 Å². The molecule has 1 aromatic rings. The van der Waals surface area contributed by atoms with Crippen LogP contribution in [0.5, 0.6) is 0 Å². The minimum Gasteiger partial charge on any atom is -0.396 e. The summed E-state index contributed by atoms with van der Waals surface area (Å²) in [5.74, 6) is -2.25. The third kappa shape index (κ3) is 3.96. The first-order valence-corrected chi connectivity index (χ1v) is 12.6. The topological polar surface area (TPSA) is 108 Å². The van der Waals surface area contributed by atoms with Crippen molar-refractivity contribution in [2.24, 2.45) is 11.8 Å². The molecular weight excluding hydrogens is 514 g/mol. The summed E-state index contributed by atoms with van der Waals surface area (Å²) < 4.78 is 6.39. The molecule has 180 valence electrons. The second kappa shape index (κ2) is 9.52. The number of nitrogens with zero attached hydrogens (tertiary/aromatic N) is 1. The maximum Gasteiger partial charge on any atom is 0.250 e. The van der Waals surface area contributed by atoms with Gasteiger partial charge in [0.2, 0.25) is 17.7 Å². The van der Waals surface area contributed by atoms with E-state index in [9.17, 15) is 14.4 Å². The molecule has 4 rings (SSSR count). The van der Waals surface area contributed by atoms with Gasteiger partial charge in [0.1, 0.15) is 11.6 Å². The summed E-state index contributed by atoms with van der Waals surface area (Å²) in [6.07, 6.45) is 1.95. The van der Waals surface area contributed by atoms with Gasteiger partial charge in [-0.3, -0.25) is 14.4 Å². The Morgan fingerprint density at radius 3 is 2.73 bits per heavy atom. The molecule has 8 nitrogen and oxygen atoms in total. The van der Waals surface area contributed by atoms with Crippen LogP contribution < -0.4 is 10.6 Å². The number of nitrogens with one attached hydrogen (secondary N) is 2. The van der Waals surface area contributed by atoms with E-state index in [1.54, 1.807) is 24.1 Å². The number of benzene rings is 1. The quantitative estimate of drug-likeness (QED) is 0.345. The van der Waals surface area contributed by atoms with Crippen LogP contribution in [0.25, 0.3) is 0 Å². The lowest BCUT2D eigenvalue weighted by atomic mass is 9.70. The SMILES string of the molecule is CNC(=O)[C@H]1[C@H]2C(=O)N(CCCCCO)C(C(=O)Nc3c(C)cccc3Cl)C23CC(Br)[C@@H]1O3. The Labute approximate surface area is 206 Å². The van der Waals surface area contributed by atoms with Gasteiger partial charge in [-0.2, -0.15) is 0 Å².